The van der Waals surface area contributed by atoms with E-state index in [2.05, 4.69) is 107 Å². The van der Waals surface area contributed by atoms with Gasteiger partial charge in [-0.15, -0.1) is 0 Å². The van der Waals surface area contributed by atoms with Crippen molar-refractivity contribution in [1.82, 2.24) is 4.57 Å². The smallest absolute Gasteiger partial charge is 0.0537 e. The molecule has 1 aliphatic heterocycles. The monoisotopic (exact) mass is 384 g/mol. The van der Waals surface area contributed by atoms with Crippen molar-refractivity contribution >= 4 is 33.4 Å². The first-order chi connectivity index (χ1) is 14.9. The van der Waals surface area contributed by atoms with Crippen LogP contribution in [0.15, 0.2) is 96.7 Å². The summed E-state index contributed by atoms with van der Waals surface area (Å²) < 4.78 is 2.46. The molecule has 2 nitrogen and oxygen atoms in total. The van der Waals surface area contributed by atoms with Crippen LogP contribution in [0.25, 0.3) is 33.4 Å². The topological polar surface area (TPSA) is 17.0 Å². The number of allylic oxidation sites excluding steroid dienone is 1. The van der Waals surface area contributed by atoms with Crippen LogP contribution in [0.5, 0.6) is 0 Å². The second-order valence-electron chi connectivity index (χ2n) is 8.28. The Balaban J connectivity index is 1.48. The number of hydrogen-bond donors (Lipinski definition) is 1. The number of aromatic nitrogens is 1. The van der Waals surface area contributed by atoms with Crippen molar-refractivity contribution in [2.45, 2.75) is 12.3 Å². The largest absolute Gasteiger partial charge is 0.358 e. The maximum atomic E-state index is 3.79. The zero-order chi connectivity index (χ0) is 19.7. The predicted octanol–water partition coefficient (Wildman–Crippen LogP) is 6.89. The number of fused-ring (bicyclic) bond motifs is 8. The van der Waals surface area contributed by atoms with Crippen molar-refractivity contribution in [2.24, 2.45) is 0 Å². The van der Waals surface area contributed by atoms with E-state index in [1.54, 1.807) is 0 Å². The summed E-state index contributed by atoms with van der Waals surface area (Å²) in [6.45, 7) is 0. The van der Waals surface area contributed by atoms with Crippen LogP contribution < -0.4 is 5.32 Å². The van der Waals surface area contributed by atoms with E-state index in [0.29, 0.717) is 5.92 Å². The SMILES string of the molecule is C1=C2Nc3c(ccc4ccccc34)C2Cc2c1c1ccccc1n2-c1ccccc1. The lowest BCUT2D eigenvalue weighted by atomic mass is 9.86. The van der Waals surface area contributed by atoms with Crippen LogP contribution in [0.4, 0.5) is 5.69 Å². The third kappa shape index (κ3) is 2.08. The van der Waals surface area contributed by atoms with Crippen molar-refractivity contribution < 1.29 is 0 Å². The van der Waals surface area contributed by atoms with Gasteiger partial charge in [-0.3, -0.25) is 0 Å². The van der Waals surface area contributed by atoms with Gasteiger partial charge in [0.05, 0.1) is 11.2 Å². The lowest BCUT2D eigenvalue weighted by molar-refractivity contribution is 0.771. The number of nitrogens with one attached hydrogen (secondary N) is 1. The Bertz CT molecular complexity index is 1490. The molecule has 1 aromatic heterocycles. The second kappa shape index (κ2) is 5.87. The summed E-state index contributed by atoms with van der Waals surface area (Å²) in [5.74, 6) is 0.379. The fourth-order valence-corrected chi connectivity index (χ4v) is 5.37. The third-order valence-corrected chi connectivity index (χ3v) is 6.71. The van der Waals surface area contributed by atoms with Gasteiger partial charge in [0.15, 0.2) is 0 Å². The molecule has 0 amide bonds. The first-order valence-electron chi connectivity index (χ1n) is 10.6. The molecule has 0 radical (unpaired) electrons. The molecule has 2 heterocycles. The Labute approximate surface area is 175 Å². The molecule has 0 fully saturated rings. The van der Waals surface area contributed by atoms with Crippen molar-refractivity contribution in [2.75, 3.05) is 5.32 Å². The molecule has 0 saturated heterocycles. The summed E-state index contributed by atoms with van der Waals surface area (Å²) in [4.78, 5) is 0. The number of benzene rings is 4. The molecule has 0 saturated carbocycles. The number of anilines is 1. The molecular weight excluding hydrogens is 364 g/mol. The molecule has 4 aromatic carbocycles. The zero-order valence-electron chi connectivity index (χ0n) is 16.5. The van der Waals surface area contributed by atoms with Crippen LogP contribution >= 0.6 is 0 Å². The average molecular weight is 384 g/mol. The minimum Gasteiger partial charge on any atom is -0.358 e. The Morgan fingerprint density at radius 2 is 1.50 bits per heavy atom. The van der Waals surface area contributed by atoms with Gasteiger partial charge in [-0.2, -0.15) is 0 Å². The highest BCUT2D eigenvalue weighted by Crippen LogP contribution is 2.49. The van der Waals surface area contributed by atoms with Gasteiger partial charge in [0.2, 0.25) is 0 Å². The van der Waals surface area contributed by atoms with Crippen LogP contribution in [-0.2, 0) is 6.42 Å². The van der Waals surface area contributed by atoms with Crippen LogP contribution in [0.2, 0.25) is 0 Å². The fraction of sp³-hybridized carbons (Fsp3) is 0.0714. The average Bonchev–Trinajstić information content (AvgIpc) is 3.33. The Kier molecular flexibility index (Phi) is 3.14. The van der Waals surface area contributed by atoms with E-state index in [0.717, 1.165) is 6.42 Å². The van der Waals surface area contributed by atoms with Crippen molar-refractivity contribution in [3.8, 4) is 5.69 Å². The Morgan fingerprint density at radius 1 is 0.733 bits per heavy atom. The summed E-state index contributed by atoms with van der Waals surface area (Å²) in [5, 5.41) is 7.71. The first-order valence-corrected chi connectivity index (χ1v) is 10.6. The Morgan fingerprint density at radius 3 is 2.40 bits per heavy atom. The highest BCUT2D eigenvalue weighted by atomic mass is 15.0. The number of rotatable bonds is 1. The summed E-state index contributed by atoms with van der Waals surface area (Å²) >= 11 is 0. The standard InChI is InChI=1S/C28H20N2/c1-2-9-19(10-3-1)30-26-13-7-6-12-21(26)24-16-25-23(17-27(24)30)22-15-14-18-8-4-5-11-20(18)28(22)29-25/h1-16,23,29H,17H2. The van der Waals surface area contributed by atoms with E-state index in [1.807, 2.05) is 0 Å². The highest BCUT2D eigenvalue weighted by molar-refractivity contribution is 6.01. The molecule has 0 bridgehead atoms. The lowest BCUT2D eigenvalue weighted by Gasteiger charge is -2.21. The van der Waals surface area contributed by atoms with Gasteiger partial charge in [-0.25, -0.2) is 0 Å². The molecule has 0 spiro atoms. The van der Waals surface area contributed by atoms with Gasteiger partial charge in [-0.1, -0.05) is 72.8 Å². The quantitative estimate of drug-likeness (QED) is 0.333. The molecule has 2 heteroatoms. The molecule has 1 N–H and O–H groups in total. The summed E-state index contributed by atoms with van der Waals surface area (Å²) in [6, 6.07) is 32.8. The summed E-state index contributed by atoms with van der Waals surface area (Å²) in [6.07, 6.45) is 3.39. The van der Waals surface area contributed by atoms with Crippen LogP contribution in [0.1, 0.15) is 22.7 Å². The van der Waals surface area contributed by atoms with E-state index in [4.69, 9.17) is 0 Å². The lowest BCUT2D eigenvalue weighted by Crippen LogP contribution is -2.12. The normalized spacial score (nSPS) is 16.7. The van der Waals surface area contributed by atoms with Crippen molar-refractivity contribution in [1.29, 1.82) is 0 Å². The first kappa shape index (κ1) is 16.1. The molecule has 30 heavy (non-hydrogen) atoms. The van der Waals surface area contributed by atoms with Gasteiger partial charge in [0.25, 0.3) is 0 Å². The zero-order valence-corrected chi connectivity index (χ0v) is 16.5. The molecular formula is C28H20N2. The van der Waals surface area contributed by atoms with Gasteiger partial charge in [0, 0.05) is 45.8 Å². The van der Waals surface area contributed by atoms with Crippen molar-refractivity contribution in [3.63, 3.8) is 0 Å². The van der Waals surface area contributed by atoms with Gasteiger partial charge in [-0.05, 0) is 35.2 Å². The van der Waals surface area contributed by atoms with Gasteiger partial charge < -0.3 is 9.88 Å². The van der Waals surface area contributed by atoms with Crippen LogP contribution in [0.3, 0.4) is 0 Å². The molecule has 7 rings (SSSR count). The molecule has 1 atom stereocenters. The molecule has 5 aromatic rings. The molecule has 1 unspecified atom stereocenters. The fourth-order valence-electron chi connectivity index (χ4n) is 5.37. The summed E-state index contributed by atoms with van der Waals surface area (Å²) in [5.41, 5.74) is 9.29. The number of para-hydroxylation sites is 2. The number of hydrogen-bond acceptors (Lipinski definition) is 1. The predicted molar refractivity (Wildman–Crippen MR) is 125 cm³/mol. The maximum absolute atomic E-state index is 3.79. The van der Waals surface area contributed by atoms with Crippen LogP contribution in [0, 0.1) is 0 Å². The Hall–Kier alpha value is -3.78. The summed E-state index contributed by atoms with van der Waals surface area (Å²) in [7, 11) is 0. The highest BCUT2D eigenvalue weighted by Gasteiger charge is 2.34. The van der Waals surface area contributed by atoms with E-state index in [1.165, 1.54) is 55.6 Å². The van der Waals surface area contributed by atoms with E-state index in [-0.39, 0.29) is 0 Å². The van der Waals surface area contributed by atoms with Crippen LogP contribution in [-0.4, -0.2) is 4.57 Å². The molecule has 1 aliphatic carbocycles. The maximum Gasteiger partial charge on any atom is 0.0537 e. The third-order valence-electron chi connectivity index (χ3n) is 6.71. The molecule has 142 valence electrons. The van der Waals surface area contributed by atoms with Crippen molar-refractivity contribution in [3.05, 3.63) is 114 Å². The second-order valence-corrected chi connectivity index (χ2v) is 8.28. The van der Waals surface area contributed by atoms with E-state index in [9.17, 15) is 0 Å². The minimum absolute atomic E-state index is 0.379. The van der Waals surface area contributed by atoms with E-state index < -0.39 is 0 Å². The minimum atomic E-state index is 0.379. The van der Waals surface area contributed by atoms with E-state index >= 15 is 0 Å². The molecule has 2 aliphatic rings. The number of nitrogens with zero attached hydrogens (tertiary/aromatic N) is 1. The van der Waals surface area contributed by atoms with Gasteiger partial charge >= 0.3 is 0 Å². The van der Waals surface area contributed by atoms with Gasteiger partial charge in [0.1, 0.15) is 0 Å².